The molecule has 5 rings (SSSR count). The van der Waals surface area contributed by atoms with E-state index < -0.39 is 5.56 Å². The molecule has 0 unspecified atom stereocenters. The zero-order valence-electron chi connectivity index (χ0n) is 19.2. The molecule has 0 atom stereocenters. The standard InChI is InChI=1S/C27H16Cl2N4O4/c1-37-26-16(13-34)5-6-21(32-26)20-4-2-3-18(23(20)28)19-7-9-30-25(24(19)29)15-8-10-33-22(11-15)31-12-17(14-35)27(33)36/h2-14H,1H3. The first-order chi connectivity index (χ1) is 18.0. The molecule has 0 radical (unpaired) electrons. The van der Waals surface area contributed by atoms with E-state index >= 15 is 0 Å². The number of carbonyl (C=O) groups excluding carboxylic acids is 2. The minimum Gasteiger partial charge on any atom is -0.480 e. The van der Waals surface area contributed by atoms with Crippen LogP contribution in [0.25, 0.3) is 39.3 Å². The maximum absolute atomic E-state index is 12.4. The molecule has 0 aliphatic heterocycles. The largest absolute Gasteiger partial charge is 0.480 e. The zero-order chi connectivity index (χ0) is 26.1. The van der Waals surface area contributed by atoms with Crippen molar-refractivity contribution in [1.82, 2.24) is 19.4 Å². The molecule has 182 valence electrons. The van der Waals surface area contributed by atoms with E-state index in [4.69, 9.17) is 27.9 Å². The Morgan fingerprint density at radius 1 is 0.892 bits per heavy atom. The van der Waals surface area contributed by atoms with Gasteiger partial charge in [-0.1, -0.05) is 41.4 Å². The van der Waals surface area contributed by atoms with Crippen LogP contribution < -0.4 is 10.3 Å². The van der Waals surface area contributed by atoms with Crippen LogP contribution in [-0.2, 0) is 0 Å². The van der Waals surface area contributed by atoms with E-state index in [1.165, 1.54) is 23.9 Å². The summed E-state index contributed by atoms with van der Waals surface area (Å²) in [4.78, 5) is 47.7. The first-order valence-electron chi connectivity index (χ1n) is 10.9. The highest BCUT2D eigenvalue weighted by molar-refractivity contribution is 6.39. The summed E-state index contributed by atoms with van der Waals surface area (Å²) >= 11 is 13.7. The second-order valence-electron chi connectivity index (χ2n) is 7.88. The predicted molar refractivity (Wildman–Crippen MR) is 141 cm³/mol. The molecular formula is C27H16Cl2N4O4. The number of hydrogen-bond donors (Lipinski definition) is 0. The fourth-order valence-electron chi connectivity index (χ4n) is 3.96. The van der Waals surface area contributed by atoms with Gasteiger partial charge in [0.15, 0.2) is 12.6 Å². The van der Waals surface area contributed by atoms with Crippen molar-refractivity contribution in [3.63, 3.8) is 0 Å². The van der Waals surface area contributed by atoms with Gasteiger partial charge in [-0.05, 0) is 30.3 Å². The lowest BCUT2D eigenvalue weighted by molar-refractivity contribution is 0.111. The Morgan fingerprint density at radius 3 is 2.41 bits per heavy atom. The average Bonchev–Trinajstić information content (AvgIpc) is 2.93. The quantitative estimate of drug-likeness (QED) is 0.269. The van der Waals surface area contributed by atoms with Gasteiger partial charge in [0.2, 0.25) is 5.88 Å². The highest BCUT2D eigenvalue weighted by atomic mass is 35.5. The number of fused-ring (bicyclic) bond motifs is 1. The fourth-order valence-corrected chi connectivity index (χ4v) is 4.61. The molecule has 4 heterocycles. The first kappa shape index (κ1) is 24.3. The number of aromatic nitrogens is 4. The molecule has 5 aromatic rings. The van der Waals surface area contributed by atoms with Crippen LogP contribution in [0.3, 0.4) is 0 Å². The summed E-state index contributed by atoms with van der Waals surface area (Å²) < 4.78 is 6.51. The lowest BCUT2D eigenvalue weighted by Crippen LogP contribution is -2.18. The van der Waals surface area contributed by atoms with Crippen molar-refractivity contribution in [2.24, 2.45) is 0 Å². The van der Waals surface area contributed by atoms with Crippen LogP contribution in [0.2, 0.25) is 10.0 Å². The second-order valence-corrected chi connectivity index (χ2v) is 8.64. The predicted octanol–water partition coefficient (Wildman–Crippen LogP) is 5.43. The van der Waals surface area contributed by atoms with Gasteiger partial charge in [-0.15, -0.1) is 0 Å². The van der Waals surface area contributed by atoms with E-state index in [0.29, 0.717) is 67.5 Å². The number of nitrogens with zero attached hydrogens (tertiary/aromatic N) is 4. The van der Waals surface area contributed by atoms with Crippen molar-refractivity contribution in [3.8, 4) is 39.5 Å². The van der Waals surface area contributed by atoms with Crippen LogP contribution in [0.5, 0.6) is 5.88 Å². The van der Waals surface area contributed by atoms with Crippen molar-refractivity contribution in [2.75, 3.05) is 7.11 Å². The normalized spacial score (nSPS) is 10.9. The smallest absolute Gasteiger partial charge is 0.268 e. The molecule has 0 fully saturated rings. The average molecular weight is 531 g/mol. The molecule has 0 spiro atoms. The Hall–Kier alpha value is -4.40. The lowest BCUT2D eigenvalue weighted by atomic mass is 10.00. The van der Waals surface area contributed by atoms with E-state index in [1.54, 1.807) is 36.5 Å². The summed E-state index contributed by atoms with van der Waals surface area (Å²) in [7, 11) is 1.44. The van der Waals surface area contributed by atoms with Crippen molar-refractivity contribution in [1.29, 1.82) is 0 Å². The van der Waals surface area contributed by atoms with Gasteiger partial charge >= 0.3 is 0 Å². The monoisotopic (exact) mass is 530 g/mol. The summed E-state index contributed by atoms with van der Waals surface area (Å²) in [6, 6.07) is 13.9. The van der Waals surface area contributed by atoms with E-state index in [2.05, 4.69) is 15.0 Å². The number of benzene rings is 1. The van der Waals surface area contributed by atoms with Crippen molar-refractivity contribution < 1.29 is 14.3 Å². The Morgan fingerprint density at radius 2 is 1.65 bits per heavy atom. The summed E-state index contributed by atoms with van der Waals surface area (Å²) in [5, 5.41) is 0.752. The zero-order valence-corrected chi connectivity index (χ0v) is 20.7. The van der Waals surface area contributed by atoms with Crippen molar-refractivity contribution in [3.05, 3.63) is 98.6 Å². The SMILES string of the molecule is COc1nc(-c2cccc(-c3ccnc(-c4ccn5c(=O)c(C=O)cnc5c4)c3Cl)c2Cl)ccc1C=O. The Kier molecular flexibility index (Phi) is 6.52. The topological polar surface area (TPSA) is 104 Å². The number of aldehydes is 2. The molecule has 0 bridgehead atoms. The number of ether oxygens (including phenoxy) is 1. The van der Waals surface area contributed by atoms with E-state index in [0.717, 1.165) is 0 Å². The number of pyridine rings is 3. The van der Waals surface area contributed by atoms with Gasteiger partial charge in [-0.2, -0.15) is 0 Å². The minimum absolute atomic E-state index is 0.0363. The van der Waals surface area contributed by atoms with Gasteiger partial charge in [-0.3, -0.25) is 23.8 Å². The highest BCUT2D eigenvalue weighted by Crippen LogP contribution is 2.41. The molecule has 1 aromatic carbocycles. The van der Waals surface area contributed by atoms with Gasteiger partial charge in [0.05, 0.1) is 39.7 Å². The van der Waals surface area contributed by atoms with E-state index in [1.807, 2.05) is 18.2 Å². The number of carbonyl (C=O) groups is 2. The number of rotatable bonds is 6. The molecule has 0 aliphatic rings. The van der Waals surface area contributed by atoms with Gasteiger partial charge in [0.1, 0.15) is 5.65 Å². The molecule has 0 saturated heterocycles. The molecule has 8 nitrogen and oxygen atoms in total. The molecule has 0 aliphatic carbocycles. The van der Waals surface area contributed by atoms with Crippen molar-refractivity contribution in [2.45, 2.75) is 0 Å². The Labute approximate surface area is 220 Å². The van der Waals surface area contributed by atoms with Gasteiger partial charge in [-0.25, -0.2) is 9.97 Å². The minimum atomic E-state index is -0.464. The number of hydrogen-bond acceptors (Lipinski definition) is 7. The summed E-state index contributed by atoms with van der Waals surface area (Å²) in [5.74, 6) is 0.197. The maximum atomic E-state index is 12.4. The van der Waals surface area contributed by atoms with E-state index in [-0.39, 0.29) is 11.4 Å². The number of halogens is 2. The van der Waals surface area contributed by atoms with Gasteiger partial charge in [0.25, 0.3) is 5.56 Å². The molecule has 0 N–H and O–H groups in total. The van der Waals surface area contributed by atoms with Gasteiger partial charge in [0, 0.05) is 40.8 Å². The van der Waals surface area contributed by atoms with Crippen LogP contribution in [0.15, 0.2) is 71.9 Å². The third-order valence-corrected chi connectivity index (χ3v) is 6.59. The van der Waals surface area contributed by atoms with Crippen molar-refractivity contribution >= 4 is 41.4 Å². The molecule has 37 heavy (non-hydrogen) atoms. The van der Waals surface area contributed by atoms with E-state index in [9.17, 15) is 14.4 Å². The third kappa shape index (κ3) is 4.26. The summed E-state index contributed by atoms with van der Waals surface area (Å²) in [6.07, 6.45) is 5.51. The van der Waals surface area contributed by atoms with Crippen LogP contribution in [0, 0.1) is 0 Å². The maximum Gasteiger partial charge on any atom is 0.268 e. The molecule has 0 amide bonds. The molecule has 4 aromatic heterocycles. The molecular weight excluding hydrogens is 515 g/mol. The van der Waals surface area contributed by atoms with Crippen LogP contribution in [0.1, 0.15) is 20.7 Å². The van der Waals surface area contributed by atoms with Crippen LogP contribution in [0.4, 0.5) is 0 Å². The lowest BCUT2D eigenvalue weighted by Gasteiger charge is -2.14. The first-order valence-corrected chi connectivity index (χ1v) is 11.6. The summed E-state index contributed by atoms with van der Waals surface area (Å²) in [6.45, 7) is 0. The Balaban J connectivity index is 1.62. The molecule has 10 heteroatoms. The Bertz CT molecular complexity index is 1770. The highest BCUT2D eigenvalue weighted by Gasteiger charge is 2.18. The van der Waals surface area contributed by atoms with Gasteiger partial charge < -0.3 is 4.74 Å². The summed E-state index contributed by atoms with van der Waals surface area (Å²) in [5.41, 5.74) is 3.71. The van der Waals surface area contributed by atoms with Crippen LogP contribution in [-0.4, -0.2) is 39.0 Å². The molecule has 0 saturated carbocycles. The van der Waals surface area contributed by atoms with Crippen LogP contribution >= 0.6 is 23.2 Å². The second kappa shape index (κ2) is 9.93. The number of methoxy groups -OCH3 is 1. The third-order valence-electron chi connectivity index (χ3n) is 5.80. The fraction of sp³-hybridized carbons (Fsp3) is 0.0370.